The number of nitrogens with two attached hydrogens (primary N) is 2. The van der Waals surface area contributed by atoms with Gasteiger partial charge in [-0.15, -0.1) is 6.58 Å². The topological polar surface area (TPSA) is 72.3 Å². The molecule has 0 aliphatic rings. The number of allylic oxidation sites excluding steroid dienone is 1. The highest BCUT2D eigenvalue weighted by molar-refractivity contribution is 5.57. The van der Waals surface area contributed by atoms with Crippen LogP contribution in [0.5, 0.6) is 5.75 Å². The summed E-state index contributed by atoms with van der Waals surface area (Å²) in [7, 11) is 0. The summed E-state index contributed by atoms with van der Waals surface area (Å²) in [6, 6.07) is 1.85. The van der Waals surface area contributed by atoms with E-state index in [2.05, 4.69) is 6.58 Å². The lowest BCUT2D eigenvalue weighted by Gasteiger charge is -2.14. The summed E-state index contributed by atoms with van der Waals surface area (Å²) in [6.07, 6.45) is 3.02. The molecule has 0 fully saturated rings. The monoisotopic (exact) mass is 210 g/mol. The average molecular weight is 210 g/mol. The normalized spacial score (nSPS) is 12.4. The fourth-order valence-corrected chi connectivity index (χ4v) is 1.38. The number of hydrogen-bond donors (Lipinski definition) is 3. The molecule has 1 rings (SSSR count). The molecule has 5 N–H and O–H groups in total. The van der Waals surface area contributed by atoms with Crippen molar-refractivity contribution < 1.29 is 9.50 Å². The van der Waals surface area contributed by atoms with Gasteiger partial charge < -0.3 is 16.6 Å². The molecular weight excluding hydrogens is 195 g/mol. The Hall–Kier alpha value is -1.55. The zero-order chi connectivity index (χ0) is 11.4. The number of phenolic OH excluding ortho intramolecular Hbond substituents is 1. The van der Waals surface area contributed by atoms with Gasteiger partial charge in [0, 0.05) is 17.7 Å². The molecule has 15 heavy (non-hydrogen) atoms. The molecule has 0 amide bonds. The Bertz CT molecular complexity index is 366. The average Bonchev–Trinajstić information content (AvgIpc) is 2.19. The van der Waals surface area contributed by atoms with E-state index in [0.29, 0.717) is 18.4 Å². The van der Waals surface area contributed by atoms with Crippen LogP contribution in [0.1, 0.15) is 24.4 Å². The Morgan fingerprint density at radius 3 is 2.80 bits per heavy atom. The third-order valence-electron chi connectivity index (χ3n) is 2.21. The Labute approximate surface area is 88.2 Å². The summed E-state index contributed by atoms with van der Waals surface area (Å²) < 4.78 is 13.0. The first-order valence-corrected chi connectivity index (χ1v) is 4.70. The highest BCUT2D eigenvalue weighted by Crippen LogP contribution is 2.31. The van der Waals surface area contributed by atoms with Crippen LogP contribution in [-0.2, 0) is 0 Å². The molecule has 0 bridgehead atoms. The van der Waals surface area contributed by atoms with Crippen LogP contribution in [-0.4, -0.2) is 5.11 Å². The molecule has 0 saturated heterocycles. The van der Waals surface area contributed by atoms with E-state index in [9.17, 15) is 9.50 Å². The van der Waals surface area contributed by atoms with Crippen LogP contribution < -0.4 is 11.5 Å². The van der Waals surface area contributed by atoms with Crippen molar-refractivity contribution >= 4 is 5.69 Å². The summed E-state index contributed by atoms with van der Waals surface area (Å²) in [4.78, 5) is 0. The molecule has 82 valence electrons. The third kappa shape index (κ3) is 2.70. The first kappa shape index (κ1) is 11.5. The molecule has 0 saturated carbocycles. The first-order chi connectivity index (χ1) is 7.06. The molecular formula is C11H15FN2O. The number of aromatic hydroxyl groups is 1. The van der Waals surface area contributed by atoms with Crippen LogP contribution in [0.3, 0.4) is 0 Å². The molecule has 0 spiro atoms. The smallest absolute Gasteiger partial charge is 0.143 e. The van der Waals surface area contributed by atoms with Crippen molar-refractivity contribution in [3.63, 3.8) is 0 Å². The summed E-state index contributed by atoms with van der Waals surface area (Å²) in [6.45, 7) is 3.57. The van der Waals surface area contributed by atoms with Crippen molar-refractivity contribution in [3.8, 4) is 5.75 Å². The van der Waals surface area contributed by atoms with Gasteiger partial charge in [-0.3, -0.25) is 0 Å². The number of benzene rings is 1. The fourth-order valence-electron chi connectivity index (χ4n) is 1.38. The van der Waals surface area contributed by atoms with Gasteiger partial charge in [0.15, 0.2) is 0 Å². The SMILES string of the molecule is C=CCC[C@@H](N)c1cc(F)cc(N)c1O. The van der Waals surface area contributed by atoms with E-state index in [1.54, 1.807) is 6.08 Å². The maximum atomic E-state index is 13.0. The first-order valence-electron chi connectivity index (χ1n) is 4.70. The number of phenols is 1. The van der Waals surface area contributed by atoms with Crippen LogP contribution >= 0.6 is 0 Å². The molecule has 0 heterocycles. The molecule has 4 heteroatoms. The number of anilines is 1. The van der Waals surface area contributed by atoms with Crippen LogP contribution in [0, 0.1) is 5.82 Å². The lowest BCUT2D eigenvalue weighted by molar-refractivity contribution is 0.458. The van der Waals surface area contributed by atoms with Gasteiger partial charge in [0.25, 0.3) is 0 Å². The van der Waals surface area contributed by atoms with Crippen molar-refractivity contribution in [1.29, 1.82) is 0 Å². The zero-order valence-electron chi connectivity index (χ0n) is 8.41. The van der Waals surface area contributed by atoms with Crippen molar-refractivity contribution in [2.24, 2.45) is 5.73 Å². The third-order valence-corrected chi connectivity index (χ3v) is 2.21. The Balaban J connectivity index is 2.96. The molecule has 0 aliphatic carbocycles. The molecule has 0 aliphatic heterocycles. The molecule has 1 atom stereocenters. The molecule has 1 aromatic rings. The van der Waals surface area contributed by atoms with Gasteiger partial charge in [-0.2, -0.15) is 0 Å². The zero-order valence-corrected chi connectivity index (χ0v) is 8.41. The second-order valence-corrected chi connectivity index (χ2v) is 3.41. The van der Waals surface area contributed by atoms with E-state index in [1.807, 2.05) is 0 Å². The summed E-state index contributed by atoms with van der Waals surface area (Å²) in [5, 5.41) is 9.59. The highest BCUT2D eigenvalue weighted by atomic mass is 19.1. The minimum Gasteiger partial charge on any atom is -0.505 e. The van der Waals surface area contributed by atoms with Gasteiger partial charge >= 0.3 is 0 Å². The summed E-state index contributed by atoms with van der Waals surface area (Å²) in [5.74, 6) is -0.623. The van der Waals surface area contributed by atoms with E-state index in [1.165, 1.54) is 6.07 Å². The number of rotatable bonds is 4. The van der Waals surface area contributed by atoms with E-state index in [0.717, 1.165) is 6.07 Å². The van der Waals surface area contributed by atoms with Crippen LogP contribution in [0.25, 0.3) is 0 Å². The summed E-state index contributed by atoms with van der Waals surface area (Å²) in [5.41, 5.74) is 11.6. The molecule has 0 aromatic heterocycles. The second-order valence-electron chi connectivity index (χ2n) is 3.41. The van der Waals surface area contributed by atoms with Gasteiger partial charge in [0.2, 0.25) is 0 Å². The molecule has 3 nitrogen and oxygen atoms in total. The van der Waals surface area contributed by atoms with Crippen LogP contribution in [0.4, 0.5) is 10.1 Å². The Morgan fingerprint density at radius 1 is 1.53 bits per heavy atom. The Kier molecular flexibility index (Phi) is 3.68. The maximum Gasteiger partial charge on any atom is 0.143 e. The van der Waals surface area contributed by atoms with Gasteiger partial charge in [-0.25, -0.2) is 4.39 Å². The van der Waals surface area contributed by atoms with Crippen molar-refractivity contribution in [3.05, 3.63) is 36.2 Å². The van der Waals surface area contributed by atoms with Crippen LogP contribution in [0.15, 0.2) is 24.8 Å². The van der Waals surface area contributed by atoms with E-state index < -0.39 is 11.9 Å². The standard InChI is InChI=1S/C11H15FN2O/c1-2-3-4-9(13)8-5-7(12)6-10(14)11(8)15/h2,5-6,9,15H,1,3-4,13-14H2/t9-/m1/s1. The van der Waals surface area contributed by atoms with Gasteiger partial charge in [-0.05, 0) is 18.9 Å². The lowest BCUT2D eigenvalue weighted by Crippen LogP contribution is -2.11. The summed E-state index contributed by atoms with van der Waals surface area (Å²) >= 11 is 0. The predicted molar refractivity (Wildman–Crippen MR) is 58.8 cm³/mol. The largest absolute Gasteiger partial charge is 0.505 e. The molecule has 1 aromatic carbocycles. The van der Waals surface area contributed by atoms with Gasteiger partial charge in [-0.1, -0.05) is 6.08 Å². The molecule has 0 unspecified atom stereocenters. The number of halogens is 1. The van der Waals surface area contributed by atoms with E-state index >= 15 is 0 Å². The quantitative estimate of drug-likeness (QED) is 0.404. The number of nitrogen functional groups attached to an aromatic ring is 1. The number of hydrogen-bond acceptors (Lipinski definition) is 3. The fraction of sp³-hybridized carbons (Fsp3) is 0.273. The van der Waals surface area contributed by atoms with Crippen molar-refractivity contribution in [2.45, 2.75) is 18.9 Å². The van der Waals surface area contributed by atoms with Crippen molar-refractivity contribution in [2.75, 3.05) is 5.73 Å². The minimum absolute atomic E-state index is 0.0130. The van der Waals surface area contributed by atoms with Gasteiger partial charge in [0.05, 0.1) is 5.69 Å². The van der Waals surface area contributed by atoms with E-state index in [-0.39, 0.29) is 11.4 Å². The van der Waals surface area contributed by atoms with E-state index in [4.69, 9.17) is 11.5 Å². The van der Waals surface area contributed by atoms with Gasteiger partial charge in [0.1, 0.15) is 11.6 Å². The van der Waals surface area contributed by atoms with Crippen molar-refractivity contribution in [1.82, 2.24) is 0 Å². The maximum absolute atomic E-state index is 13.0. The lowest BCUT2D eigenvalue weighted by atomic mass is 10.0. The highest BCUT2D eigenvalue weighted by Gasteiger charge is 2.14. The predicted octanol–water partition coefficient (Wildman–Crippen LogP) is 2.08. The molecule has 0 radical (unpaired) electrons. The second kappa shape index (κ2) is 4.79. The Morgan fingerprint density at radius 2 is 2.20 bits per heavy atom. The minimum atomic E-state index is -0.491. The van der Waals surface area contributed by atoms with Crippen LogP contribution in [0.2, 0.25) is 0 Å².